The molecule has 2 heterocycles. The summed E-state index contributed by atoms with van der Waals surface area (Å²) in [6.45, 7) is 3.42. The van der Waals surface area contributed by atoms with E-state index < -0.39 is 0 Å². The zero-order valence-corrected chi connectivity index (χ0v) is 15.6. The Kier molecular flexibility index (Phi) is 6.36. The number of rotatable bonds is 4. The summed E-state index contributed by atoms with van der Waals surface area (Å²) in [6, 6.07) is 11.0. The fourth-order valence-corrected chi connectivity index (χ4v) is 3.12. The Morgan fingerprint density at radius 1 is 1.04 bits per heavy atom. The minimum absolute atomic E-state index is 0.138. The molecule has 0 radical (unpaired) electrons. The summed E-state index contributed by atoms with van der Waals surface area (Å²) >= 11 is 0. The maximum absolute atomic E-state index is 13.1. The smallest absolute Gasteiger partial charge is 0.270 e. The van der Waals surface area contributed by atoms with Gasteiger partial charge in [-0.15, -0.1) is 0 Å². The predicted octanol–water partition coefficient (Wildman–Crippen LogP) is 3.56. The van der Waals surface area contributed by atoms with Gasteiger partial charge in [0.2, 0.25) is 0 Å². The fraction of sp³-hybridized carbons (Fsp3) is 0.318. The van der Waals surface area contributed by atoms with Crippen LogP contribution in [0.3, 0.4) is 0 Å². The van der Waals surface area contributed by atoms with E-state index in [1.807, 2.05) is 36.1 Å². The lowest BCUT2D eigenvalue weighted by Gasteiger charge is -2.22. The molecule has 27 heavy (non-hydrogen) atoms. The zero-order chi connectivity index (χ0) is 19.1. The van der Waals surface area contributed by atoms with E-state index >= 15 is 0 Å². The van der Waals surface area contributed by atoms with E-state index in [9.17, 15) is 9.59 Å². The van der Waals surface area contributed by atoms with Crippen LogP contribution < -0.4 is 5.32 Å². The number of carbonyl (C=O) groups is 2. The molecule has 5 heteroatoms. The molecule has 1 N–H and O–H groups in total. The Morgan fingerprint density at radius 2 is 1.74 bits per heavy atom. The third-order valence-electron chi connectivity index (χ3n) is 4.68. The molecule has 1 aliphatic heterocycles. The minimum Gasteiger partial charge on any atom is -0.337 e. The average Bonchev–Trinajstić information content (AvgIpc) is 2.97. The van der Waals surface area contributed by atoms with Gasteiger partial charge in [0.25, 0.3) is 11.8 Å². The van der Waals surface area contributed by atoms with Crippen molar-refractivity contribution < 1.29 is 9.59 Å². The summed E-state index contributed by atoms with van der Waals surface area (Å²) in [4.78, 5) is 31.7. The largest absolute Gasteiger partial charge is 0.337 e. The lowest BCUT2D eigenvalue weighted by Crippen LogP contribution is -2.39. The molecule has 1 aromatic carbocycles. The van der Waals surface area contributed by atoms with Crippen molar-refractivity contribution in [2.45, 2.75) is 32.6 Å². The molecule has 0 atom stereocenters. The SMILES string of the molecule is Cc1ccc(C(=O)N/C(=C\c2cccnc2)C(=O)N2CCCCCC2)cc1. The van der Waals surface area contributed by atoms with Gasteiger partial charge in [-0.2, -0.15) is 0 Å². The predicted molar refractivity (Wildman–Crippen MR) is 106 cm³/mol. The number of likely N-dealkylation sites (tertiary alicyclic amines) is 1. The maximum atomic E-state index is 13.1. The van der Waals surface area contributed by atoms with E-state index in [-0.39, 0.29) is 17.5 Å². The Bertz CT molecular complexity index is 805. The molecule has 0 spiro atoms. The van der Waals surface area contributed by atoms with Crippen molar-refractivity contribution in [2.75, 3.05) is 13.1 Å². The van der Waals surface area contributed by atoms with Crippen LogP contribution in [0.4, 0.5) is 0 Å². The Hall–Kier alpha value is -2.95. The molecule has 0 saturated carbocycles. The van der Waals surface area contributed by atoms with E-state index in [1.165, 1.54) is 0 Å². The number of hydrogen-bond donors (Lipinski definition) is 1. The summed E-state index contributed by atoms with van der Waals surface area (Å²) < 4.78 is 0. The maximum Gasteiger partial charge on any atom is 0.270 e. The van der Waals surface area contributed by atoms with Crippen molar-refractivity contribution in [3.63, 3.8) is 0 Å². The highest BCUT2D eigenvalue weighted by atomic mass is 16.2. The zero-order valence-electron chi connectivity index (χ0n) is 15.6. The van der Waals surface area contributed by atoms with Gasteiger partial charge in [0.05, 0.1) is 0 Å². The first kappa shape index (κ1) is 18.8. The van der Waals surface area contributed by atoms with Crippen LogP contribution in [0, 0.1) is 6.92 Å². The van der Waals surface area contributed by atoms with Crippen LogP contribution in [0.25, 0.3) is 6.08 Å². The summed E-state index contributed by atoms with van der Waals surface area (Å²) in [6.07, 6.45) is 9.33. The first-order valence-electron chi connectivity index (χ1n) is 9.42. The molecular weight excluding hydrogens is 338 g/mol. The van der Waals surface area contributed by atoms with Gasteiger partial charge in [0.15, 0.2) is 0 Å². The van der Waals surface area contributed by atoms with Crippen molar-refractivity contribution in [1.29, 1.82) is 0 Å². The highest BCUT2D eigenvalue weighted by Crippen LogP contribution is 2.14. The number of aromatic nitrogens is 1. The first-order valence-corrected chi connectivity index (χ1v) is 9.42. The van der Waals surface area contributed by atoms with Crippen molar-refractivity contribution in [1.82, 2.24) is 15.2 Å². The Morgan fingerprint density at radius 3 is 2.37 bits per heavy atom. The molecule has 5 nitrogen and oxygen atoms in total. The lowest BCUT2D eigenvalue weighted by atomic mass is 10.1. The molecule has 0 bridgehead atoms. The van der Waals surface area contributed by atoms with Crippen LogP contribution in [-0.2, 0) is 4.79 Å². The highest BCUT2D eigenvalue weighted by Gasteiger charge is 2.21. The van der Waals surface area contributed by atoms with E-state index in [0.717, 1.165) is 49.9 Å². The molecule has 1 saturated heterocycles. The number of pyridine rings is 1. The van der Waals surface area contributed by atoms with Crippen LogP contribution >= 0.6 is 0 Å². The monoisotopic (exact) mass is 363 g/mol. The third kappa shape index (κ3) is 5.26. The van der Waals surface area contributed by atoms with Crippen LogP contribution in [0.15, 0.2) is 54.5 Å². The number of hydrogen-bond acceptors (Lipinski definition) is 3. The van der Waals surface area contributed by atoms with Gasteiger partial charge >= 0.3 is 0 Å². The number of benzene rings is 1. The lowest BCUT2D eigenvalue weighted by molar-refractivity contribution is -0.127. The Balaban J connectivity index is 1.85. The van der Waals surface area contributed by atoms with Crippen LogP contribution in [0.5, 0.6) is 0 Å². The molecule has 2 aromatic rings. The van der Waals surface area contributed by atoms with Gasteiger partial charge in [0.1, 0.15) is 5.70 Å². The second-order valence-corrected chi connectivity index (χ2v) is 6.87. The quantitative estimate of drug-likeness (QED) is 0.845. The molecule has 1 aliphatic rings. The van der Waals surface area contributed by atoms with Gasteiger partial charge in [-0.3, -0.25) is 14.6 Å². The number of amides is 2. The molecule has 0 aliphatic carbocycles. The molecule has 3 rings (SSSR count). The molecular formula is C22H25N3O2. The van der Waals surface area contributed by atoms with Crippen LogP contribution in [0.2, 0.25) is 0 Å². The van der Waals surface area contributed by atoms with E-state index in [0.29, 0.717) is 5.56 Å². The van der Waals surface area contributed by atoms with Crippen molar-refractivity contribution >= 4 is 17.9 Å². The fourth-order valence-electron chi connectivity index (χ4n) is 3.12. The van der Waals surface area contributed by atoms with Gasteiger partial charge in [-0.1, -0.05) is 36.6 Å². The van der Waals surface area contributed by atoms with Gasteiger partial charge in [-0.05, 0) is 49.6 Å². The van der Waals surface area contributed by atoms with Crippen molar-refractivity contribution in [3.8, 4) is 0 Å². The molecule has 140 valence electrons. The number of carbonyl (C=O) groups excluding carboxylic acids is 2. The minimum atomic E-state index is -0.284. The second kappa shape index (κ2) is 9.12. The van der Waals surface area contributed by atoms with Crippen molar-refractivity contribution in [2.24, 2.45) is 0 Å². The standard InChI is InChI=1S/C22H25N3O2/c1-17-8-10-19(11-9-17)21(26)24-20(15-18-7-6-12-23-16-18)22(27)25-13-4-2-3-5-14-25/h6-12,15-16H,2-5,13-14H2,1H3,(H,24,26)/b20-15-. The van der Waals surface area contributed by atoms with Gasteiger partial charge < -0.3 is 10.2 Å². The molecule has 1 fully saturated rings. The topological polar surface area (TPSA) is 62.3 Å². The summed E-state index contributed by atoms with van der Waals surface area (Å²) in [5.74, 6) is -0.422. The first-order chi connectivity index (χ1) is 13.1. The Labute approximate surface area is 160 Å². The van der Waals surface area contributed by atoms with E-state index in [4.69, 9.17) is 0 Å². The molecule has 1 aromatic heterocycles. The summed E-state index contributed by atoms with van der Waals surface area (Å²) in [7, 11) is 0. The van der Waals surface area contributed by atoms with Gasteiger partial charge in [-0.25, -0.2) is 0 Å². The molecule has 0 unspecified atom stereocenters. The normalized spacial score (nSPS) is 15.1. The highest BCUT2D eigenvalue weighted by molar-refractivity contribution is 6.05. The van der Waals surface area contributed by atoms with E-state index in [1.54, 1.807) is 30.6 Å². The second-order valence-electron chi connectivity index (χ2n) is 6.87. The number of aryl methyl sites for hydroxylation is 1. The van der Waals surface area contributed by atoms with Crippen LogP contribution in [0.1, 0.15) is 47.2 Å². The average molecular weight is 363 g/mol. The van der Waals surface area contributed by atoms with Gasteiger partial charge in [0, 0.05) is 31.0 Å². The summed E-state index contributed by atoms with van der Waals surface area (Å²) in [5.41, 5.74) is 2.68. The molecule has 2 amide bonds. The van der Waals surface area contributed by atoms with Crippen molar-refractivity contribution in [3.05, 3.63) is 71.2 Å². The number of nitrogens with one attached hydrogen (secondary N) is 1. The third-order valence-corrected chi connectivity index (χ3v) is 4.68. The van der Waals surface area contributed by atoms with E-state index in [2.05, 4.69) is 10.3 Å². The van der Waals surface area contributed by atoms with Crippen LogP contribution in [-0.4, -0.2) is 34.8 Å². The summed E-state index contributed by atoms with van der Waals surface area (Å²) in [5, 5.41) is 2.82. The number of nitrogens with zero attached hydrogens (tertiary/aromatic N) is 2.